The molecule has 0 atom stereocenters. The van der Waals surface area contributed by atoms with E-state index in [1.54, 1.807) is 0 Å². The summed E-state index contributed by atoms with van der Waals surface area (Å²) in [6, 6.07) is 4.51. The normalized spacial score (nSPS) is 17.5. The average Bonchev–Trinajstić information content (AvgIpc) is 3.16. The van der Waals surface area contributed by atoms with Gasteiger partial charge >= 0.3 is 6.36 Å². The number of sulfonamides is 1. The predicted molar refractivity (Wildman–Crippen MR) is 67.1 cm³/mol. The molecule has 118 valence electrons. The Labute approximate surface area is 119 Å². The maximum Gasteiger partial charge on any atom is 0.573 e. The summed E-state index contributed by atoms with van der Waals surface area (Å²) >= 11 is 0. The topological polar surface area (TPSA) is 75.6 Å². The lowest BCUT2D eigenvalue weighted by molar-refractivity contribution is -0.275. The van der Waals surface area contributed by atoms with Crippen LogP contribution in [0.1, 0.15) is 12.8 Å². The van der Waals surface area contributed by atoms with Crippen molar-refractivity contribution in [3.8, 4) is 5.75 Å². The van der Waals surface area contributed by atoms with Gasteiger partial charge in [0, 0.05) is 18.6 Å². The minimum atomic E-state index is -4.98. The molecule has 1 saturated carbocycles. The van der Waals surface area contributed by atoms with E-state index in [1.807, 2.05) is 0 Å². The zero-order valence-electron chi connectivity index (χ0n) is 10.9. The summed E-state index contributed by atoms with van der Waals surface area (Å²) in [5.41, 5.74) is -0.493. The molecule has 0 heterocycles. The van der Waals surface area contributed by atoms with Crippen LogP contribution in [0.25, 0.3) is 0 Å². The summed E-state index contributed by atoms with van der Waals surface area (Å²) in [6.07, 6.45) is -3.63. The van der Waals surface area contributed by atoms with Crippen molar-refractivity contribution in [1.82, 2.24) is 4.72 Å². The Morgan fingerprint density at radius 3 is 2.43 bits per heavy atom. The van der Waals surface area contributed by atoms with E-state index in [9.17, 15) is 21.6 Å². The standard InChI is InChI=1S/C12H14F3NO4S/c13-12(14,15)20-9-3-1-2-4-10(9)21(18,19)16-7-11(8-17)5-6-11/h1-4,16-17H,5-8H2. The zero-order chi connectivity index (χ0) is 15.7. The number of nitrogens with one attached hydrogen (secondary N) is 1. The molecule has 0 radical (unpaired) electrons. The van der Waals surface area contributed by atoms with Gasteiger partial charge in [-0.15, -0.1) is 13.2 Å². The molecule has 2 N–H and O–H groups in total. The Bertz CT molecular complexity index is 611. The Hall–Kier alpha value is -1.32. The fourth-order valence-electron chi connectivity index (χ4n) is 1.77. The van der Waals surface area contributed by atoms with Crippen LogP contribution >= 0.6 is 0 Å². The van der Waals surface area contributed by atoms with Gasteiger partial charge in [0.1, 0.15) is 10.6 Å². The number of aliphatic hydroxyl groups excluding tert-OH is 1. The molecule has 1 aromatic carbocycles. The highest BCUT2D eigenvalue weighted by Crippen LogP contribution is 2.44. The van der Waals surface area contributed by atoms with Crippen LogP contribution in [0.3, 0.4) is 0 Å². The maximum absolute atomic E-state index is 12.3. The van der Waals surface area contributed by atoms with Gasteiger partial charge in [0.05, 0.1) is 0 Å². The largest absolute Gasteiger partial charge is 0.573 e. The monoisotopic (exact) mass is 325 g/mol. The van der Waals surface area contributed by atoms with Crippen LogP contribution in [0.15, 0.2) is 29.2 Å². The quantitative estimate of drug-likeness (QED) is 0.834. The van der Waals surface area contributed by atoms with E-state index in [1.165, 1.54) is 12.1 Å². The van der Waals surface area contributed by atoms with Crippen molar-refractivity contribution in [2.75, 3.05) is 13.2 Å². The first-order valence-electron chi connectivity index (χ1n) is 6.13. The van der Waals surface area contributed by atoms with Gasteiger partial charge in [-0.2, -0.15) is 0 Å². The number of para-hydroxylation sites is 1. The van der Waals surface area contributed by atoms with Crippen LogP contribution in [-0.4, -0.2) is 33.0 Å². The minimum absolute atomic E-state index is 0.0216. The Kier molecular flexibility index (Phi) is 4.18. The highest BCUT2D eigenvalue weighted by atomic mass is 32.2. The number of alkyl halides is 3. The summed E-state index contributed by atoms with van der Waals surface area (Å²) in [4.78, 5) is -0.587. The number of hydrogen-bond acceptors (Lipinski definition) is 4. The fourth-order valence-corrected chi connectivity index (χ4v) is 3.06. The molecule has 5 nitrogen and oxygen atoms in total. The van der Waals surface area contributed by atoms with E-state index < -0.39 is 32.4 Å². The summed E-state index contributed by atoms with van der Waals surface area (Å²) in [6.45, 7) is -0.192. The molecule has 0 aliphatic heterocycles. The van der Waals surface area contributed by atoms with Crippen LogP contribution in [0, 0.1) is 5.41 Å². The van der Waals surface area contributed by atoms with Crippen molar-refractivity contribution < 1.29 is 31.4 Å². The smallest absolute Gasteiger partial charge is 0.404 e. The molecule has 21 heavy (non-hydrogen) atoms. The Balaban J connectivity index is 2.19. The summed E-state index contributed by atoms with van der Waals surface area (Å²) in [7, 11) is -4.15. The van der Waals surface area contributed by atoms with Gasteiger partial charge in [-0.05, 0) is 25.0 Å². The van der Waals surface area contributed by atoms with Crippen molar-refractivity contribution in [1.29, 1.82) is 0 Å². The van der Waals surface area contributed by atoms with Crippen LogP contribution in [0.2, 0.25) is 0 Å². The zero-order valence-corrected chi connectivity index (χ0v) is 11.7. The van der Waals surface area contributed by atoms with Crippen molar-refractivity contribution in [3.63, 3.8) is 0 Å². The number of hydrogen-bond donors (Lipinski definition) is 2. The molecule has 0 unspecified atom stereocenters. The molecule has 1 aliphatic carbocycles. The van der Waals surface area contributed by atoms with Gasteiger partial charge < -0.3 is 9.84 Å². The first-order chi connectivity index (χ1) is 9.68. The van der Waals surface area contributed by atoms with Gasteiger partial charge in [0.25, 0.3) is 0 Å². The Morgan fingerprint density at radius 2 is 1.90 bits per heavy atom. The Morgan fingerprint density at radius 1 is 1.29 bits per heavy atom. The van der Waals surface area contributed by atoms with Crippen molar-refractivity contribution in [2.45, 2.75) is 24.1 Å². The van der Waals surface area contributed by atoms with E-state index in [-0.39, 0.29) is 13.2 Å². The molecular formula is C12H14F3NO4S. The van der Waals surface area contributed by atoms with Crippen LogP contribution in [0.5, 0.6) is 5.75 Å². The first-order valence-corrected chi connectivity index (χ1v) is 7.61. The van der Waals surface area contributed by atoms with Crippen molar-refractivity contribution in [2.24, 2.45) is 5.41 Å². The molecule has 0 bridgehead atoms. The third-order valence-electron chi connectivity index (χ3n) is 3.29. The predicted octanol–water partition coefficient (Wildman–Crippen LogP) is 1.64. The van der Waals surface area contributed by atoms with Crippen LogP contribution < -0.4 is 9.46 Å². The second-order valence-corrected chi connectivity index (χ2v) is 6.71. The second-order valence-electron chi connectivity index (χ2n) is 4.98. The van der Waals surface area contributed by atoms with Crippen molar-refractivity contribution >= 4 is 10.0 Å². The molecule has 0 aromatic heterocycles. The number of ether oxygens (including phenoxy) is 1. The summed E-state index contributed by atoms with van der Waals surface area (Å²) < 4.78 is 67.0. The molecule has 1 fully saturated rings. The lowest BCUT2D eigenvalue weighted by atomic mass is 10.1. The summed E-state index contributed by atoms with van der Waals surface area (Å²) in [5, 5.41) is 9.12. The van der Waals surface area contributed by atoms with Gasteiger partial charge in [-0.25, -0.2) is 13.1 Å². The van der Waals surface area contributed by atoms with Crippen LogP contribution in [0.4, 0.5) is 13.2 Å². The maximum atomic E-state index is 12.3. The molecule has 0 saturated heterocycles. The first kappa shape index (κ1) is 16.1. The lowest BCUT2D eigenvalue weighted by Crippen LogP contribution is -2.32. The second kappa shape index (κ2) is 5.47. The van der Waals surface area contributed by atoms with E-state index >= 15 is 0 Å². The molecule has 0 spiro atoms. The minimum Gasteiger partial charge on any atom is -0.404 e. The molecule has 1 aliphatic rings. The molecular weight excluding hydrogens is 311 g/mol. The number of rotatable bonds is 6. The van der Waals surface area contributed by atoms with Crippen molar-refractivity contribution in [3.05, 3.63) is 24.3 Å². The van der Waals surface area contributed by atoms with Gasteiger partial charge in [-0.1, -0.05) is 12.1 Å². The molecule has 9 heteroatoms. The molecule has 2 rings (SSSR count). The van der Waals surface area contributed by atoms with E-state index in [0.717, 1.165) is 12.1 Å². The van der Waals surface area contributed by atoms with E-state index in [2.05, 4.69) is 9.46 Å². The van der Waals surface area contributed by atoms with E-state index in [4.69, 9.17) is 5.11 Å². The summed E-state index contributed by atoms with van der Waals surface area (Å²) in [5.74, 6) is -0.786. The van der Waals surface area contributed by atoms with Crippen LogP contribution in [-0.2, 0) is 10.0 Å². The number of aliphatic hydroxyl groups is 1. The SMILES string of the molecule is O=S(=O)(NCC1(CO)CC1)c1ccccc1OC(F)(F)F. The lowest BCUT2D eigenvalue weighted by Gasteiger charge is -2.16. The highest BCUT2D eigenvalue weighted by molar-refractivity contribution is 7.89. The highest BCUT2D eigenvalue weighted by Gasteiger charge is 2.43. The third kappa shape index (κ3) is 4.08. The average molecular weight is 325 g/mol. The van der Waals surface area contributed by atoms with E-state index in [0.29, 0.717) is 12.8 Å². The molecule has 0 amide bonds. The van der Waals surface area contributed by atoms with Gasteiger partial charge in [0.15, 0.2) is 0 Å². The number of halogens is 3. The van der Waals surface area contributed by atoms with Gasteiger partial charge in [0.2, 0.25) is 10.0 Å². The molecule has 1 aromatic rings. The fraction of sp³-hybridized carbons (Fsp3) is 0.500. The third-order valence-corrected chi connectivity index (χ3v) is 4.73. The number of benzene rings is 1. The van der Waals surface area contributed by atoms with Gasteiger partial charge in [-0.3, -0.25) is 0 Å².